The molecule has 6 nitrogen and oxygen atoms in total. The number of thiophene rings is 1. The summed E-state index contributed by atoms with van der Waals surface area (Å²) in [6.45, 7) is 3.96. The summed E-state index contributed by atoms with van der Waals surface area (Å²) in [5.74, 6) is 1.89. The standard InChI is InChI=1S/C17H15N5OS/c1-9-10(2)24-17-14(9)16(23)19-12(20-17)8-13-18-15(22-21-13)11-6-4-3-5-7-11/h3-7H,8H2,1-2H3,(H,18,21,22)(H,19,20,23). The zero-order chi connectivity index (χ0) is 16.7. The van der Waals surface area contributed by atoms with Gasteiger partial charge in [0.2, 0.25) is 0 Å². The molecule has 0 saturated carbocycles. The van der Waals surface area contributed by atoms with Crippen LogP contribution in [0.25, 0.3) is 21.6 Å². The third kappa shape index (κ3) is 2.52. The molecule has 7 heteroatoms. The number of aromatic amines is 2. The molecule has 2 N–H and O–H groups in total. The van der Waals surface area contributed by atoms with E-state index in [2.05, 4.69) is 25.1 Å². The van der Waals surface area contributed by atoms with Gasteiger partial charge in [-0.05, 0) is 19.4 Å². The van der Waals surface area contributed by atoms with Crippen molar-refractivity contribution in [2.75, 3.05) is 0 Å². The molecule has 0 aliphatic rings. The zero-order valence-corrected chi connectivity index (χ0v) is 14.1. The first-order chi connectivity index (χ1) is 11.6. The molecule has 4 aromatic rings. The lowest BCUT2D eigenvalue weighted by atomic mass is 10.2. The molecule has 120 valence electrons. The van der Waals surface area contributed by atoms with Gasteiger partial charge in [0.05, 0.1) is 11.8 Å². The molecular weight excluding hydrogens is 322 g/mol. The molecule has 1 aromatic carbocycles. The SMILES string of the molecule is Cc1sc2nc(Cc3nc(-c4ccccc4)n[nH]3)[nH]c(=O)c2c1C. The van der Waals surface area contributed by atoms with Gasteiger partial charge in [0.1, 0.15) is 16.5 Å². The van der Waals surface area contributed by atoms with Crippen LogP contribution in [-0.2, 0) is 6.42 Å². The summed E-state index contributed by atoms with van der Waals surface area (Å²) in [7, 11) is 0. The van der Waals surface area contributed by atoms with Gasteiger partial charge in [-0.15, -0.1) is 11.3 Å². The van der Waals surface area contributed by atoms with E-state index in [1.54, 1.807) is 11.3 Å². The normalized spacial score (nSPS) is 11.2. The lowest BCUT2D eigenvalue weighted by Gasteiger charge is -1.98. The molecule has 0 fully saturated rings. The van der Waals surface area contributed by atoms with Gasteiger partial charge in [-0.1, -0.05) is 30.3 Å². The van der Waals surface area contributed by atoms with Crippen LogP contribution in [0.4, 0.5) is 0 Å². The van der Waals surface area contributed by atoms with Crippen LogP contribution in [0.2, 0.25) is 0 Å². The van der Waals surface area contributed by atoms with Crippen molar-refractivity contribution >= 4 is 21.6 Å². The zero-order valence-electron chi connectivity index (χ0n) is 13.3. The maximum absolute atomic E-state index is 12.3. The summed E-state index contributed by atoms with van der Waals surface area (Å²) < 4.78 is 0. The fourth-order valence-electron chi connectivity index (χ4n) is 2.63. The molecule has 0 unspecified atom stereocenters. The first kappa shape index (κ1) is 14.8. The average molecular weight is 337 g/mol. The van der Waals surface area contributed by atoms with Crippen molar-refractivity contribution in [3.8, 4) is 11.4 Å². The van der Waals surface area contributed by atoms with E-state index in [-0.39, 0.29) is 5.56 Å². The molecule has 0 bridgehead atoms. The topological polar surface area (TPSA) is 87.3 Å². The van der Waals surface area contributed by atoms with Crippen LogP contribution in [0.1, 0.15) is 22.1 Å². The molecule has 0 aliphatic carbocycles. The Morgan fingerprint density at radius 2 is 1.88 bits per heavy atom. The molecule has 0 saturated heterocycles. The van der Waals surface area contributed by atoms with Gasteiger partial charge in [0.15, 0.2) is 5.82 Å². The van der Waals surface area contributed by atoms with E-state index in [1.807, 2.05) is 44.2 Å². The number of hydrogen-bond donors (Lipinski definition) is 2. The highest BCUT2D eigenvalue weighted by Gasteiger charge is 2.13. The Bertz CT molecular complexity index is 1080. The second-order valence-corrected chi connectivity index (χ2v) is 6.83. The summed E-state index contributed by atoms with van der Waals surface area (Å²) in [5, 5.41) is 7.83. The molecule has 3 aromatic heterocycles. The van der Waals surface area contributed by atoms with Gasteiger partial charge < -0.3 is 4.98 Å². The van der Waals surface area contributed by atoms with E-state index in [4.69, 9.17) is 0 Å². The lowest BCUT2D eigenvalue weighted by molar-refractivity contribution is 0.898. The van der Waals surface area contributed by atoms with Gasteiger partial charge in [-0.25, -0.2) is 9.97 Å². The third-order valence-corrected chi connectivity index (χ3v) is 5.09. The first-order valence-corrected chi connectivity index (χ1v) is 8.39. The molecule has 0 aliphatic heterocycles. The second-order valence-electron chi connectivity index (χ2n) is 5.62. The number of aryl methyl sites for hydroxylation is 2. The van der Waals surface area contributed by atoms with E-state index in [1.165, 1.54) is 0 Å². The average Bonchev–Trinajstić information content (AvgIpc) is 3.14. The number of H-pyrrole nitrogens is 2. The van der Waals surface area contributed by atoms with Gasteiger partial charge in [-0.3, -0.25) is 9.89 Å². The number of benzene rings is 1. The summed E-state index contributed by atoms with van der Waals surface area (Å²) in [4.78, 5) is 26.1. The van der Waals surface area contributed by atoms with Crippen LogP contribution >= 0.6 is 11.3 Å². The quantitative estimate of drug-likeness (QED) is 0.601. The molecule has 0 atom stereocenters. The molecule has 0 spiro atoms. The van der Waals surface area contributed by atoms with Gasteiger partial charge in [0, 0.05) is 10.4 Å². The predicted octanol–water partition coefficient (Wildman–Crippen LogP) is 2.98. The maximum Gasteiger partial charge on any atom is 0.259 e. The van der Waals surface area contributed by atoms with Crippen LogP contribution in [0.15, 0.2) is 35.1 Å². The second kappa shape index (κ2) is 5.68. The minimum Gasteiger partial charge on any atom is -0.310 e. The summed E-state index contributed by atoms with van der Waals surface area (Å²) in [6.07, 6.45) is 0.404. The van der Waals surface area contributed by atoms with Crippen LogP contribution in [0, 0.1) is 13.8 Å². The first-order valence-electron chi connectivity index (χ1n) is 7.57. The highest BCUT2D eigenvalue weighted by molar-refractivity contribution is 7.18. The maximum atomic E-state index is 12.3. The number of rotatable bonds is 3. The van der Waals surface area contributed by atoms with Crippen molar-refractivity contribution in [2.24, 2.45) is 0 Å². The van der Waals surface area contributed by atoms with Crippen LogP contribution in [0.5, 0.6) is 0 Å². The van der Waals surface area contributed by atoms with Gasteiger partial charge >= 0.3 is 0 Å². The van der Waals surface area contributed by atoms with Crippen molar-refractivity contribution in [3.63, 3.8) is 0 Å². The molecule has 4 rings (SSSR count). The molecule has 3 heterocycles. The van der Waals surface area contributed by atoms with Crippen LogP contribution in [-0.4, -0.2) is 25.1 Å². The summed E-state index contributed by atoms with van der Waals surface area (Å²) in [5.41, 5.74) is 1.85. The smallest absolute Gasteiger partial charge is 0.259 e. The van der Waals surface area contributed by atoms with Crippen molar-refractivity contribution < 1.29 is 0 Å². The van der Waals surface area contributed by atoms with E-state index in [9.17, 15) is 4.79 Å². The summed E-state index contributed by atoms with van der Waals surface area (Å²) in [6, 6.07) is 9.75. The summed E-state index contributed by atoms with van der Waals surface area (Å²) >= 11 is 1.54. The fraction of sp³-hybridized carbons (Fsp3) is 0.176. The van der Waals surface area contributed by atoms with Crippen molar-refractivity contribution in [2.45, 2.75) is 20.3 Å². The van der Waals surface area contributed by atoms with E-state index >= 15 is 0 Å². The Kier molecular flexibility index (Phi) is 3.50. The van der Waals surface area contributed by atoms with E-state index in [0.29, 0.717) is 29.3 Å². The number of hydrogen-bond acceptors (Lipinski definition) is 5. The highest BCUT2D eigenvalue weighted by atomic mass is 32.1. The van der Waals surface area contributed by atoms with Crippen LogP contribution in [0.3, 0.4) is 0 Å². The van der Waals surface area contributed by atoms with Crippen molar-refractivity contribution in [1.29, 1.82) is 0 Å². The Labute approximate surface area is 141 Å². The molecule has 24 heavy (non-hydrogen) atoms. The minimum atomic E-state index is -0.0975. The molecular formula is C17H15N5OS. The Morgan fingerprint density at radius 3 is 2.67 bits per heavy atom. The van der Waals surface area contributed by atoms with E-state index < -0.39 is 0 Å². The Hall–Kier alpha value is -2.80. The van der Waals surface area contributed by atoms with Crippen molar-refractivity contribution in [1.82, 2.24) is 25.1 Å². The monoisotopic (exact) mass is 337 g/mol. The number of aromatic nitrogens is 5. The molecule has 0 radical (unpaired) electrons. The number of fused-ring (bicyclic) bond motifs is 1. The van der Waals surface area contributed by atoms with Gasteiger partial charge in [-0.2, -0.15) is 5.10 Å². The lowest BCUT2D eigenvalue weighted by Crippen LogP contribution is -2.12. The van der Waals surface area contributed by atoms with Crippen molar-refractivity contribution in [3.05, 3.63) is 62.8 Å². The third-order valence-electron chi connectivity index (χ3n) is 3.99. The largest absolute Gasteiger partial charge is 0.310 e. The predicted molar refractivity (Wildman–Crippen MR) is 94.3 cm³/mol. The molecule has 0 amide bonds. The van der Waals surface area contributed by atoms with Crippen LogP contribution < -0.4 is 5.56 Å². The Balaban J connectivity index is 1.68. The van der Waals surface area contributed by atoms with Gasteiger partial charge in [0.25, 0.3) is 5.56 Å². The Morgan fingerprint density at radius 1 is 1.08 bits per heavy atom. The highest BCUT2D eigenvalue weighted by Crippen LogP contribution is 2.25. The fourth-order valence-corrected chi connectivity index (χ4v) is 3.68. The van der Waals surface area contributed by atoms with E-state index in [0.717, 1.165) is 20.8 Å². The number of nitrogens with zero attached hydrogens (tertiary/aromatic N) is 3. The number of nitrogens with one attached hydrogen (secondary N) is 2. The minimum absolute atomic E-state index is 0.0975.